The van der Waals surface area contributed by atoms with Crippen LogP contribution >= 0.6 is 0 Å². The lowest BCUT2D eigenvalue weighted by atomic mass is 9.91. The van der Waals surface area contributed by atoms with Gasteiger partial charge in [0, 0.05) is 12.0 Å². The summed E-state index contributed by atoms with van der Waals surface area (Å²) in [5, 5.41) is 3.31. The summed E-state index contributed by atoms with van der Waals surface area (Å²) >= 11 is 0. The standard InChI is InChI=1S/C26H29N3O/c1-18(2)16-24-26(27-17-21(30)14-12-19-8-4-3-5-9-19)29-23-15-13-20-10-6-7-11-22(20)25(23)28-24/h3-11,18H,12-17H2,1-2H3,(H,27,29). The van der Waals surface area contributed by atoms with E-state index in [2.05, 4.69) is 55.6 Å². The molecule has 0 saturated carbocycles. The molecule has 30 heavy (non-hydrogen) atoms. The number of nitrogens with zero attached hydrogens (tertiary/aromatic N) is 2. The monoisotopic (exact) mass is 399 g/mol. The molecule has 0 aliphatic heterocycles. The van der Waals surface area contributed by atoms with E-state index in [4.69, 9.17) is 9.97 Å². The van der Waals surface area contributed by atoms with E-state index in [0.29, 0.717) is 18.9 Å². The van der Waals surface area contributed by atoms with Crippen molar-refractivity contribution >= 4 is 11.6 Å². The first-order valence-electron chi connectivity index (χ1n) is 10.9. The maximum Gasteiger partial charge on any atom is 0.152 e. The largest absolute Gasteiger partial charge is 0.361 e. The first kappa shape index (κ1) is 20.3. The van der Waals surface area contributed by atoms with Crippen LogP contribution in [0, 0.1) is 5.92 Å². The minimum absolute atomic E-state index is 0.194. The zero-order valence-electron chi connectivity index (χ0n) is 17.8. The van der Waals surface area contributed by atoms with E-state index >= 15 is 0 Å². The Kier molecular flexibility index (Phi) is 6.22. The zero-order chi connectivity index (χ0) is 20.9. The fourth-order valence-corrected chi connectivity index (χ4v) is 3.99. The highest BCUT2D eigenvalue weighted by Crippen LogP contribution is 2.33. The third kappa shape index (κ3) is 4.76. The predicted molar refractivity (Wildman–Crippen MR) is 122 cm³/mol. The van der Waals surface area contributed by atoms with Gasteiger partial charge in [0.15, 0.2) is 5.78 Å². The number of aryl methyl sites for hydroxylation is 3. The first-order valence-corrected chi connectivity index (χ1v) is 10.9. The van der Waals surface area contributed by atoms with E-state index in [1.165, 1.54) is 16.7 Å². The van der Waals surface area contributed by atoms with E-state index in [-0.39, 0.29) is 5.78 Å². The molecule has 1 aliphatic rings. The summed E-state index contributed by atoms with van der Waals surface area (Å²) in [6, 6.07) is 18.6. The highest BCUT2D eigenvalue weighted by atomic mass is 16.1. The number of rotatable bonds is 8. The molecule has 0 amide bonds. The van der Waals surface area contributed by atoms with Gasteiger partial charge in [-0.05, 0) is 42.7 Å². The number of hydrogen-bond donors (Lipinski definition) is 1. The molecule has 0 radical (unpaired) electrons. The van der Waals surface area contributed by atoms with Crippen molar-refractivity contribution in [2.45, 2.75) is 46.0 Å². The van der Waals surface area contributed by atoms with Crippen molar-refractivity contribution in [2.24, 2.45) is 5.92 Å². The normalized spacial score (nSPS) is 12.4. The Balaban J connectivity index is 1.50. The summed E-state index contributed by atoms with van der Waals surface area (Å²) in [6.07, 6.45) is 4.01. The molecule has 1 aromatic heterocycles. The van der Waals surface area contributed by atoms with Crippen LogP contribution in [-0.2, 0) is 30.5 Å². The lowest BCUT2D eigenvalue weighted by Gasteiger charge is -2.21. The Morgan fingerprint density at radius 3 is 2.57 bits per heavy atom. The third-order valence-corrected chi connectivity index (χ3v) is 5.53. The molecule has 4 nitrogen and oxygen atoms in total. The molecule has 1 aliphatic carbocycles. The Hall–Kier alpha value is -3.01. The summed E-state index contributed by atoms with van der Waals surface area (Å²) in [6.45, 7) is 4.66. The SMILES string of the molecule is CC(C)Cc1nc2c(nc1NCC(=O)CCc1ccccc1)CCc1ccccc1-2. The van der Waals surface area contributed by atoms with Gasteiger partial charge in [-0.3, -0.25) is 4.79 Å². The minimum atomic E-state index is 0.194. The molecule has 4 heteroatoms. The van der Waals surface area contributed by atoms with Crippen molar-refractivity contribution < 1.29 is 4.79 Å². The smallest absolute Gasteiger partial charge is 0.152 e. The number of carbonyl (C=O) groups is 1. The number of nitrogens with one attached hydrogen (secondary N) is 1. The molecular formula is C26H29N3O. The topological polar surface area (TPSA) is 54.9 Å². The van der Waals surface area contributed by atoms with Crippen LogP contribution in [-0.4, -0.2) is 22.3 Å². The van der Waals surface area contributed by atoms with E-state index in [1.807, 2.05) is 18.2 Å². The number of anilines is 1. The second-order valence-corrected chi connectivity index (χ2v) is 8.45. The molecule has 1 N–H and O–H groups in total. The number of ketones is 1. The van der Waals surface area contributed by atoms with Crippen molar-refractivity contribution in [3.8, 4) is 11.3 Å². The minimum Gasteiger partial charge on any atom is -0.361 e. The molecule has 0 atom stereocenters. The van der Waals surface area contributed by atoms with Crippen molar-refractivity contribution in [1.82, 2.24) is 9.97 Å². The maximum absolute atomic E-state index is 12.5. The molecule has 0 unspecified atom stereocenters. The van der Waals surface area contributed by atoms with E-state index in [1.54, 1.807) is 0 Å². The van der Waals surface area contributed by atoms with Crippen molar-refractivity contribution in [3.05, 3.63) is 77.1 Å². The summed E-state index contributed by atoms with van der Waals surface area (Å²) in [7, 11) is 0. The number of benzene rings is 2. The number of aromatic nitrogens is 2. The lowest BCUT2D eigenvalue weighted by Crippen LogP contribution is -2.19. The molecule has 0 bridgehead atoms. The van der Waals surface area contributed by atoms with Crippen LogP contribution in [0.15, 0.2) is 54.6 Å². The molecular weight excluding hydrogens is 370 g/mol. The number of carbonyl (C=O) groups excluding carboxylic acids is 1. The van der Waals surface area contributed by atoms with Crippen molar-refractivity contribution in [2.75, 3.05) is 11.9 Å². The van der Waals surface area contributed by atoms with Crippen molar-refractivity contribution in [1.29, 1.82) is 0 Å². The average Bonchev–Trinajstić information content (AvgIpc) is 2.76. The van der Waals surface area contributed by atoms with Crippen LogP contribution in [0.4, 0.5) is 5.82 Å². The maximum atomic E-state index is 12.5. The van der Waals surface area contributed by atoms with Gasteiger partial charge >= 0.3 is 0 Å². The van der Waals surface area contributed by atoms with E-state index < -0.39 is 0 Å². The van der Waals surface area contributed by atoms with Crippen LogP contribution in [0.2, 0.25) is 0 Å². The summed E-state index contributed by atoms with van der Waals surface area (Å²) in [5.74, 6) is 1.43. The Morgan fingerprint density at radius 1 is 1.00 bits per heavy atom. The Morgan fingerprint density at radius 2 is 1.77 bits per heavy atom. The van der Waals surface area contributed by atoms with Gasteiger partial charge in [0.1, 0.15) is 5.82 Å². The summed E-state index contributed by atoms with van der Waals surface area (Å²) in [4.78, 5) is 22.4. The molecule has 4 rings (SSSR count). The van der Waals surface area contributed by atoms with Crippen LogP contribution in [0.1, 0.15) is 42.8 Å². The van der Waals surface area contributed by atoms with Crippen LogP contribution in [0.25, 0.3) is 11.3 Å². The van der Waals surface area contributed by atoms with Crippen LogP contribution in [0.3, 0.4) is 0 Å². The van der Waals surface area contributed by atoms with Gasteiger partial charge in [-0.1, -0.05) is 68.4 Å². The Labute approximate surface area is 178 Å². The highest BCUT2D eigenvalue weighted by Gasteiger charge is 2.21. The van der Waals surface area contributed by atoms with E-state index in [9.17, 15) is 4.79 Å². The van der Waals surface area contributed by atoms with Crippen molar-refractivity contribution in [3.63, 3.8) is 0 Å². The fourth-order valence-electron chi connectivity index (χ4n) is 3.99. The van der Waals surface area contributed by atoms with Gasteiger partial charge < -0.3 is 5.32 Å². The second-order valence-electron chi connectivity index (χ2n) is 8.45. The average molecular weight is 400 g/mol. The van der Waals surface area contributed by atoms with E-state index in [0.717, 1.165) is 48.6 Å². The highest BCUT2D eigenvalue weighted by molar-refractivity contribution is 5.83. The van der Waals surface area contributed by atoms with Gasteiger partial charge in [0.25, 0.3) is 0 Å². The number of Topliss-reactive ketones (excluding diaryl/α,β-unsaturated/α-hetero) is 1. The first-order chi connectivity index (χ1) is 14.6. The molecule has 154 valence electrons. The zero-order valence-corrected chi connectivity index (χ0v) is 17.8. The van der Waals surface area contributed by atoms with Gasteiger partial charge in [-0.15, -0.1) is 0 Å². The molecule has 3 aromatic rings. The molecule has 1 heterocycles. The fraction of sp³-hybridized carbons (Fsp3) is 0.346. The molecule has 2 aromatic carbocycles. The van der Waals surface area contributed by atoms with Crippen LogP contribution in [0.5, 0.6) is 0 Å². The predicted octanol–water partition coefficient (Wildman–Crippen LogP) is 5.05. The molecule has 0 saturated heterocycles. The lowest BCUT2D eigenvalue weighted by molar-refractivity contribution is -0.117. The molecule has 0 spiro atoms. The van der Waals surface area contributed by atoms with Gasteiger partial charge in [0.2, 0.25) is 0 Å². The van der Waals surface area contributed by atoms with Gasteiger partial charge in [-0.2, -0.15) is 0 Å². The summed E-state index contributed by atoms with van der Waals surface area (Å²) < 4.78 is 0. The van der Waals surface area contributed by atoms with Gasteiger partial charge in [0.05, 0.1) is 23.6 Å². The third-order valence-electron chi connectivity index (χ3n) is 5.53. The molecule has 0 fully saturated rings. The van der Waals surface area contributed by atoms with Crippen LogP contribution < -0.4 is 5.32 Å². The second kappa shape index (κ2) is 9.21. The van der Waals surface area contributed by atoms with Gasteiger partial charge in [-0.25, -0.2) is 9.97 Å². The Bertz CT molecular complexity index is 1030. The summed E-state index contributed by atoms with van der Waals surface area (Å²) in [5.41, 5.74) is 6.72. The quantitative estimate of drug-likeness (QED) is 0.576. The number of hydrogen-bond acceptors (Lipinski definition) is 4. The number of fused-ring (bicyclic) bond motifs is 3.